The van der Waals surface area contributed by atoms with Gasteiger partial charge >= 0.3 is 0 Å². The van der Waals surface area contributed by atoms with Gasteiger partial charge in [-0.1, -0.05) is 30.4 Å². The Balaban J connectivity index is 2.79. The average molecular weight is 160 g/mol. The number of hydrogen-bond acceptors (Lipinski definition) is 1. The normalized spacial score (nSPS) is 10.4. The van der Waals surface area contributed by atoms with Crippen LogP contribution in [0.15, 0.2) is 36.4 Å². The summed E-state index contributed by atoms with van der Waals surface area (Å²) in [6.07, 6.45) is 5.86. The van der Waals surface area contributed by atoms with Crippen LogP contribution in [0.5, 0.6) is 0 Å². The van der Waals surface area contributed by atoms with Crippen LogP contribution in [0, 0.1) is 0 Å². The van der Waals surface area contributed by atoms with E-state index in [0.29, 0.717) is 0 Å². The molecule has 0 heterocycles. The summed E-state index contributed by atoms with van der Waals surface area (Å²) in [5, 5.41) is 0. The van der Waals surface area contributed by atoms with Crippen molar-refractivity contribution in [1.29, 1.82) is 0 Å². The highest BCUT2D eigenvalue weighted by Gasteiger charge is 1.91. The van der Waals surface area contributed by atoms with E-state index in [1.807, 2.05) is 37.3 Å². The van der Waals surface area contributed by atoms with E-state index < -0.39 is 0 Å². The van der Waals surface area contributed by atoms with Crippen LogP contribution in [-0.2, 0) is 6.42 Å². The van der Waals surface area contributed by atoms with Crippen LogP contribution in [0.1, 0.15) is 22.8 Å². The molecule has 0 unspecified atom stereocenters. The second kappa shape index (κ2) is 4.50. The minimum absolute atomic E-state index is 0.747. The van der Waals surface area contributed by atoms with Gasteiger partial charge in [0.1, 0.15) is 6.29 Å². The molecule has 1 aromatic carbocycles. The summed E-state index contributed by atoms with van der Waals surface area (Å²) in [4.78, 5) is 10.4. The van der Waals surface area contributed by atoms with Gasteiger partial charge in [-0.05, 0) is 25.0 Å². The molecule has 0 saturated carbocycles. The Bertz CT molecular complexity index is 287. The van der Waals surface area contributed by atoms with Crippen LogP contribution in [0.2, 0.25) is 0 Å². The van der Waals surface area contributed by atoms with Gasteiger partial charge in [-0.25, -0.2) is 0 Å². The standard InChI is InChI=1S/C11H12O/c1-2-3-5-10-6-4-7-11(8-10)9-12/h2-4,6-9H,5H2,1H3/b3-2-. The molecule has 0 radical (unpaired) electrons. The first kappa shape index (κ1) is 8.72. The van der Waals surface area contributed by atoms with Crippen LogP contribution >= 0.6 is 0 Å². The Morgan fingerprint density at radius 3 is 2.92 bits per heavy atom. The van der Waals surface area contributed by atoms with Crippen molar-refractivity contribution >= 4 is 6.29 Å². The fourth-order valence-corrected chi connectivity index (χ4v) is 1.05. The third kappa shape index (κ3) is 2.35. The molecule has 0 bridgehead atoms. The molecule has 1 nitrogen and oxygen atoms in total. The largest absolute Gasteiger partial charge is 0.298 e. The number of rotatable bonds is 3. The van der Waals surface area contributed by atoms with Gasteiger partial charge in [-0.15, -0.1) is 0 Å². The quantitative estimate of drug-likeness (QED) is 0.490. The number of carbonyl (C=O) groups excluding carboxylic acids is 1. The maximum atomic E-state index is 10.4. The molecule has 0 saturated heterocycles. The minimum atomic E-state index is 0.747. The maximum Gasteiger partial charge on any atom is 0.150 e. The molecular weight excluding hydrogens is 148 g/mol. The zero-order valence-electron chi connectivity index (χ0n) is 7.16. The monoisotopic (exact) mass is 160 g/mol. The van der Waals surface area contributed by atoms with E-state index in [1.54, 1.807) is 0 Å². The molecule has 0 aliphatic heterocycles. The van der Waals surface area contributed by atoms with Gasteiger partial charge in [0, 0.05) is 5.56 Å². The first-order valence-corrected chi connectivity index (χ1v) is 4.02. The third-order valence-corrected chi connectivity index (χ3v) is 1.68. The molecule has 0 aromatic heterocycles. The predicted molar refractivity (Wildman–Crippen MR) is 50.3 cm³/mol. The second-order valence-corrected chi connectivity index (χ2v) is 2.64. The number of hydrogen-bond donors (Lipinski definition) is 0. The summed E-state index contributed by atoms with van der Waals surface area (Å²) in [5.41, 5.74) is 1.93. The molecule has 1 aromatic rings. The summed E-state index contributed by atoms with van der Waals surface area (Å²) in [6, 6.07) is 7.65. The highest BCUT2D eigenvalue weighted by molar-refractivity contribution is 5.74. The molecule has 0 N–H and O–H groups in total. The molecule has 1 heteroatoms. The lowest BCUT2D eigenvalue weighted by Crippen LogP contribution is -1.84. The summed E-state index contributed by atoms with van der Waals surface area (Å²) in [5.74, 6) is 0. The summed E-state index contributed by atoms with van der Waals surface area (Å²) in [6.45, 7) is 1.99. The zero-order chi connectivity index (χ0) is 8.81. The van der Waals surface area contributed by atoms with Crippen molar-refractivity contribution in [1.82, 2.24) is 0 Å². The fourth-order valence-electron chi connectivity index (χ4n) is 1.05. The number of allylic oxidation sites excluding steroid dienone is 2. The van der Waals surface area contributed by atoms with E-state index in [0.717, 1.165) is 18.3 Å². The van der Waals surface area contributed by atoms with Gasteiger partial charge in [0.15, 0.2) is 0 Å². The lowest BCUT2D eigenvalue weighted by Gasteiger charge is -1.96. The van der Waals surface area contributed by atoms with E-state index in [1.165, 1.54) is 5.56 Å². The number of carbonyl (C=O) groups is 1. The third-order valence-electron chi connectivity index (χ3n) is 1.68. The summed E-state index contributed by atoms with van der Waals surface area (Å²) in [7, 11) is 0. The zero-order valence-corrected chi connectivity index (χ0v) is 7.16. The van der Waals surface area contributed by atoms with Crippen molar-refractivity contribution in [3.05, 3.63) is 47.5 Å². The molecule has 0 spiro atoms. The van der Waals surface area contributed by atoms with E-state index in [-0.39, 0.29) is 0 Å². The van der Waals surface area contributed by atoms with Crippen LogP contribution in [0.25, 0.3) is 0 Å². The van der Waals surface area contributed by atoms with Crippen molar-refractivity contribution in [3.8, 4) is 0 Å². The van der Waals surface area contributed by atoms with E-state index in [2.05, 4.69) is 6.08 Å². The van der Waals surface area contributed by atoms with Crippen LogP contribution in [0.3, 0.4) is 0 Å². The molecule has 12 heavy (non-hydrogen) atoms. The first-order chi connectivity index (χ1) is 5.86. The predicted octanol–water partition coefficient (Wildman–Crippen LogP) is 2.62. The first-order valence-electron chi connectivity index (χ1n) is 4.02. The van der Waals surface area contributed by atoms with E-state index in [9.17, 15) is 4.79 Å². The molecule has 62 valence electrons. The number of benzene rings is 1. The average Bonchev–Trinajstić information content (AvgIpc) is 2.15. The topological polar surface area (TPSA) is 17.1 Å². The highest BCUT2D eigenvalue weighted by Crippen LogP contribution is 2.04. The maximum absolute atomic E-state index is 10.4. The minimum Gasteiger partial charge on any atom is -0.298 e. The Morgan fingerprint density at radius 1 is 1.42 bits per heavy atom. The Kier molecular flexibility index (Phi) is 3.27. The van der Waals surface area contributed by atoms with Crippen molar-refractivity contribution in [3.63, 3.8) is 0 Å². The van der Waals surface area contributed by atoms with Gasteiger partial charge in [0.25, 0.3) is 0 Å². The van der Waals surface area contributed by atoms with Gasteiger partial charge in [-0.3, -0.25) is 4.79 Å². The van der Waals surface area contributed by atoms with Crippen LogP contribution in [0.4, 0.5) is 0 Å². The lowest BCUT2D eigenvalue weighted by atomic mass is 10.1. The Morgan fingerprint density at radius 2 is 2.25 bits per heavy atom. The van der Waals surface area contributed by atoms with Crippen molar-refractivity contribution in [2.75, 3.05) is 0 Å². The van der Waals surface area contributed by atoms with Crippen LogP contribution in [-0.4, -0.2) is 6.29 Å². The molecule has 0 fully saturated rings. The highest BCUT2D eigenvalue weighted by atomic mass is 16.1. The van der Waals surface area contributed by atoms with Crippen molar-refractivity contribution in [2.45, 2.75) is 13.3 Å². The molecule has 0 aliphatic rings. The SMILES string of the molecule is C/C=C\Cc1cccc(C=O)c1. The fraction of sp³-hybridized carbons (Fsp3) is 0.182. The van der Waals surface area contributed by atoms with Gasteiger partial charge in [0.2, 0.25) is 0 Å². The van der Waals surface area contributed by atoms with Crippen molar-refractivity contribution < 1.29 is 4.79 Å². The second-order valence-electron chi connectivity index (χ2n) is 2.64. The smallest absolute Gasteiger partial charge is 0.150 e. The molecule has 0 aliphatic carbocycles. The molecule has 0 atom stereocenters. The van der Waals surface area contributed by atoms with Gasteiger partial charge in [-0.2, -0.15) is 0 Å². The Hall–Kier alpha value is -1.37. The summed E-state index contributed by atoms with van der Waals surface area (Å²) < 4.78 is 0. The molecular formula is C11H12O. The van der Waals surface area contributed by atoms with E-state index in [4.69, 9.17) is 0 Å². The molecule has 0 amide bonds. The van der Waals surface area contributed by atoms with Crippen molar-refractivity contribution in [2.24, 2.45) is 0 Å². The van der Waals surface area contributed by atoms with E-state index >= 15 is 0 Å². The lowest BCUT2D eigenvalue weighted by molar-refractivity contribution is 0.112. The Labute approximate surface area is 72.7 Å². The number of aldehydes is 1. The van der Waals surface area contributed by atoms with Crippen LogP contribution < -0.4 is 0 Å². The molecule has 1 rings (SSSR count). The van der Waals surface area contributed by atoms with Gasteiger partial charge in [0.05, 0.1) is 0 Å². The van der Waals surface area contributed by atoms with Gasteiger partial charge < -0.3 is 0 Å². The summed E-state index contributed by atoms with van der Waals surface area (Å²) >= 11 is 0.